The second-order valence-electron chi connectivity index (χ2n) is 6.02. The van der Waals surface area contributed by atoms with Gasteiger partial charge in [0, 0.05) is 52.6 Å². The van der Waals surface area contributed by atoms with Crippen LogP contribution in [0.2, 0.25) is 0 Å². The highest BCUT2D eigenvalue weighted by Crippen LogP contribution is 2.12. The normalized spacial score (nSPS) is 19.7. The fourth-order valence-electron chi connectivity index (χ4n) is 2.96. The lowest BCUT2D eigenvalue weighted by molar-refractivity contribution is -0.131. The van der Waals surface area contributed by atoms with Crippen LogP contribution < -0.4 is 0 Å². The van der Waals surface area contributed by atoms with Gasteiger partial charge in [-0.1, -0.05) is 30.3 Å². The summed E-state index contributed by atoms with van der Waals surface area (Å²) in [5.74, 6) is -0.0575. The van der Waals surface area contributed by atoms with Crippen molar-refractivity contribution in [1.82, 2.24) is 14.8 Å². The molecule has 0 N–H and O–H groups in total. The zero-order valence-corrected chi connectivity index (χ0v) is 13.4. The summed E-state index contributed by atoms with van der Waals surface area (Å²) < 4.78 is 0. The monoisotopic (exact) mass is 314 g/mol. The first-order valence-electron chi connectivity index (χ1n) is 8.03. The summed E-state index contributed by atoms with van der Waals surface area (Å²) in [6.45, 7) is 4.07. The Hall–Kier alpha value is -2.21. The molecule has 0 bridgehead atoms. The summed E-state index contributed by atoms with van der Waals surface area (Å²) in [6, 6.07) is 10.4. The van der Waals surface area contributed by atoms with E-state index in [9.17, 15) is 9.59 Å². The van der Waals surface area contributed by atoms with Gasteiger partial charge in [0.15, 0.2) is 0 Å². The lowest BCUT2D eigenvalue weighted by Crippen LogP contribution is -2.51. The Morgan fingerprint density at radius 2 is 1.78 bits per heavy atom. The molecule has 0 saturated carbocycles. The SMILES string of the molecule is CN1N=C(C(=O)N2CCN(Cc3ccccc3)CC2)CCC1=O. The van der Waals surface area contributed by atoms with Crippen LogP contribution in [-0.2, 0) is 16.1 Å². The largest absolute Gasteiger partial charge is 0.335 e. The van der Waals surface area contributed by atoms with Crippen molar-refractivity contribution in [1.29, 1.82) is 0 Å². The number of carbonyl (C=O) groups is 2. The van der Waals surface area contributed by atoms with Gasteiger partial charge in [0.1, 0.15) is 5.71 Å². The van der Waals surface area contributed by atoms with E-state index in [-0.39, 0.29) is 11.8 Å². The Labute approximate surface area is 136 Å². The molecule has 0 radical (unpaired) electrons. The highest BCUT2D eigenvalue weighted by molar-refractivity contribution is 6.39. The van der Waals surface area contributed by atoms with E-state index in [4.69, 9.17) is 0 Å². The van der Waals surface area contributed by atoms with E-state index in [0.29, 0.717) is 31.6 Å². The van der Waals surface area contributed by atoms with Gasteiger partial charge in [0.05, 0.1) is 0 Å². The van der Waals surface area contributed by atoms with Gasteiger partial charge in [-0.2, -0.15) is 5.10 Å². The number of carbonyl (C=O) groups excluding carboxylic acids is 2. The van der Waals surface area contributed by atoms with Gasteiger partial charge in [0.25, 0.3) is 5.91 Å². The molecule has 122 valence electrons. The van der Waals surface area contributed by atoms with E-state index in [0.717, 1.165) is 19.6 Å². The van der Waals surface area contributed by atoms with E-state index in [1.807, 2.05) is 23.1 Å². The van der Waals surface area contributed by atoms with E-state index in [1.54, 1.807) is 7.05 Å². The predicted octanol–water partition coefficient (Wildman–Crippen LogP) is 0.939. The van der Waals surface area contributed by atoms with Gasteiger partial charge in [0.2, 0.25) is 5.91 Å². The summed E-state index contributed by atoms with van der Waals surface area (Å²) in [6.07, 6.45) is 0.821. The maximum atomic E-state index is 12.5. The zero-order chi connectivity index (χ0) is 16.2. The number of hydrogen-bond donors (Lipinski definition) is 0. The highest BCUT2D eigenvalue weighted by Gasteiger charge is 2.28. The molecule has 1 saturated heterocycles. The number of rotatable bonds is 3. The van der Waals surface area contributed by atoms with Crippen molar-refractivity contribution in [3.05, 3.63) is 35.9 Å². The van der Waals surface area contributed by atoms with Crippen molar-refractivity contribution in [3.63, 3.8) is 0 Å². The second kappa shape index (κ2) is 6.91. The summed E-state index contributed by atoms with van der Waals surface area (Å²) in [7, 11) is 1.60. The molecule has 2 aliphatic heterocycles. The molecule has 23 heavy (non-hydrogen) atoms. The molecule has 2 aliphatic rings. The average molecular weight is 314 g/mol. The fourth-order valence-corrected chi connectivity index (χ4v) is 2.96. The lowest BCUT2D eigenvalue weighted by Gasteiger charge is -2.35. The van der Waals surface area contributed by atoms with Crippen LogP contribution >= 0.6 is 0 Å². The van der Waals surface area contributed by atoms with Crippen LogP contribution in [0.1, 0.15) is 18.4 Å². The molecule has 1 aromatic carbocycles. The third-order valence-electron chi connectivity index (χ3n) is 4.36. The maximum Gasteiger partial charge on any atom is 0.270 e. The quantitative estimate of drug-likeness (QED) is 0.834. The van der Waals surface area contributed by atoms with E-state index in [2.05, 4.69) is 22.1 Å². The summed E-state index contributed by atoms with van der Waals surface area (Å²) >= 11 is 0. The van der Waals surface area contributed by atoms with Crippen LogP contribution in [0.15, 0.2) is 35.4 Å². The van der Waals surface area contributed by atoms with Crippen molar-refractivity contribution in [2.75, 3.05) is 33.2 Å². The highest BCUT2D eigenvalue weighted by atomic mass is 16.2. The van der Waals surface area contributed by atoms with E-state index in [1.165, 1.54) is 10.6 Å². The minimum Gasteiger partial charge on any atom is -0.335 e. The molecule has 1 aromatic rings. The fraction of sp³-hybridized carbons (Fsp3) is 0.471. The smallest absolute Gasteiger partial charge is 0.270 e. The average Bonchev–Trinajstić information content (AvgIpc) is 2.58. The van der Waals surface area contributed by atoms with Gasteiger partial charge in [-0.15, -0.1) is 0 Å². The second-order valence-corrected chi connectivity index (χ2v) is 6.02. The number of amides is 2. The van der Waals surface area contributed by atoms with Crippen molar-refractivity contribution in [2.45, 2.75) is 19.4 Å². The predicted molar refractivity (Wildman–Crippen MR) is 87.7 cm³/mol. The van der Waals surface area contributed by atoms with Gasteiger partial charge < -0.3 is 4.90 Å². The number of nitrogens with zero attached hydrogens (tertiary/aromatic N) is 4. The molecule has 0 aliphatic carbocycles. The van der Waals surface area contributed by atoms with Crippen LogP contribution in [0.25, 0.3) is 0 Å². The topological polar surface area (TPSA) is 56.2 Å². The van der Waals surface area contributed by atoms with Gasteiger partial charge >= 0.3 is 0 Å². The molecular weight excluding hydrogens is 292 g/mol. The molecule has 0 atom stereocenters. The number of hydrazone groups is 1. The molecule has 1 fully saturated rings. The molecular formula is C17H22N4O2. The van der Waals surface area contributed by atoms with E-state index >= 15 is 0 Å². The molecule has 0 unspecified atom stereocenters. The lowest BCUT2D eigenvalue weighted by atomic mass is 10.1. The molecule has 0 aromatic heterocycles. The Morgan fingerprint density at radius 1 is 1.09 bits per heavy atom. The van der Waals surface area contributed by atoms with E-state index < -0.39 is 0 Å². The Bertz CT molecular complexity index is 606. The first-order chi connectivity index (χ1) is 11.1. The third-order valence-corrected chi connectivity index (χ3v) is 4.36. The third kappa shape index (κ3) is 3.76. The van der Waals surface area contributed by atoms with Gasteiger partial charge in [-0.05, 0) is 5.56 Å². The number of piperazine rings is 1. The van der Waals surface area contributed by atoms with Crippen LogP contribution in [0.4, 0.5) is 0 Å². The minimum atomic E-state index is -0.0331. The molecule has 6 heteroatoms. The van der Waals surface area contributed by atoms with Crippen LogP contribution in [-0.4, -0.2) is 65.6 Å². The number of benzene rings is 1. The first-order valence-corrected chi connectivity index (χ1v) is 8.03. The van der Waals surface area contributed by atoms with Gasteiger partial charge in [-0.25, -0.2) is 5.01 Å². The van der Waals surface area contributed by atoms with Crippen molar-refractivity contribution < 1.29 is 9.59 Å². The maximum absolute atomic E-state index is 12.5. The zero-order valence-electron chi connectivity index (χ0n) is 13.4. The van der Waals surface area contributed by atoms with Crippen molar-refractivity contribution in [2.24, 2.45) is 5.10 Å². The molecule has 2 heterocycles. The molecule has 6 nitrogen and oxygen atoms in total. The van der Waals surface area contributed by atoms with Crippen molar-refractivity contribution in [3.8, 4) is 0 Å². The Morgan fingerprint density at radius 3 is 2.43 bits per heavy atom. The summed E-state index contributed by atoms with van der Waals surface area (Å²) in [4.78, 5) is 28.2. The molecule has 3 rings (SSSR count). The van der Waals surface area contributed by atoms with Crippen LogP contribution in [0.3, 0.4) is 0 Å². The Balaban J connectivity index is 1.53. The number of hydrogen-bond acceptors (Lipinski definition) is 4. The minimum absolute atomic E-state index is 0.0243. The van der Waals surface area contributed by atoms with Crippen molar-refractivity contribution >= 4 is 17.5 Å². The molecule has 2 amide bonds. The summed E-state index contributed by atoms with van der Waals surface area (Å²) in [5, 5.41) is 5.40. The van der Waals surface area contributed by atoms with Gasteiger partial charge in [-0.3, -0.25) is 14.5 Å². The standard InChI is InChI=1S/C17H22N4O2/c1-19-16(22)8-7-15(18-19)17(23)21-11-9-20(10-12-21)13-14-5-3-2-4-6-14/h2-6H,7-13H2,1H3. The summed E-state index contributed by atoms with van der Waals surface area (Å²) in [5.41, 5.74) is 1.80. The Kier molecular flexibility index (Phi) is 4.71. The first kappa shape index (κ1) is 15.7. The molecule has 0 spiro atoms. The van der Waals surface area contributed by atoms with Crippen LogP contribution in [0.5, 0.6) is 0 Å². The van der Waals surface area contributed by atoms with Crippen LogP contribution in [0, 0.1) is 0 Å².